The van der Waals surface area contributed by atoms with E-state index in [9.17, 15) is 26.7 Å². The van der Waals surface area contributed by atoms with Crippen molar-refractivity contribution < 1.29 is 35.9 Å². The van der Waals surface area contributed by atoms with E-state index in [-0.39, 0.29) is 54.2 Å². The molecular weight excluding hydrogens is 722 g/mol. The topological polar surface area (TPSA) is 131 Å². The molecule has 0 radical (unpaired) electrons. The predicted molar refractivity (Wildman–Crippen MR) is 180 cm³/mol. The van der Waals surface area contributed by atoms with Gasteiger partial charge in [0.05, 0.1) is 27.4 Å². The Hall–Kier alpha value is -4.22. The maximum absolute atomic E-state index is 16.6. The normalized spacial score (nSPS) is 23.7. The first-order valence-corrected chi connectivity index (χ1v) is 17.4. The fourth-order valence-electron chi connectivity index (χ4n) is 7.23. The van der Waals surface area contributed by atoms with Crippen LogP contribution >= 0.6 is 22.9 Å². The highest BCUT2D eigenvalue weighted by Gasteiger charge is 2.49. The van der Waals surface area contributed by atoms with Gasteiger partial charge >= 0.3 is 12.2 Å². The number of nitrogen functional groups attached to an aromatic ring is 1. The number of ether oxygens (including phenoxy) is 1. The predicted octanol–water partition coefficient (Wildman–Crippen LogP) is 6.88. The van der Waals surface area contributed by atoms with Crippen LogP contribution in [0.1, 0.15) is 48.2 Å². The number of nitrogens with two attached hydrogens (primary N) is 1. The number of fused-ring (bicyclic) bond motifs is 2. The molecular formula is C33H31ClF6N8O2S. The zero-order chi connectivity index (χ0) is 36.2. The highest BCUT2D eigenvalue weighted by atomic mass is 35.5. The van der Waals surface area contributed by atoms with Gasteiger partial charge < -0.3 is 21.1 Å². The summed E-state index contributed by atoms with van der Waals surface area (Å²) in [7, 11) is 0. The first kappa shape index (κ1) is 35.2. The fraction of sp³-hybridized carbons (Fsp3) is 0.424. The smallest absolute Gasteiger partial charge is 0.418 e. The number of anilines is 2. The number of pyridine rings is 1. The molecule has 0 spiro atoms. The average Bonchev–Trinajstić information content (AvgIpc) is 3.75. The van der Waals surface area contributed by atoms with Gasteiger partial charge in [0, 0.05) is 48.1 Å². The zero-order valence-electron chi connectivity index (χ0n) is 27.0. The molecule has 51 heavy (non-hydrogen) atoms. The molecule has 0 bridgehead atoms. The van der Waals surface area contributed by atoms with Crippen LogP contribution in [0.3, 0.4) is 0 Å². The molecule has 2 unspecified atom stereocenters. The molecule has 1 aromatic carbocycles. The molecule has 3 aliphatic rings. The summed E-state index contributed by atoms with van der Waals surface area (Å²) in [5, 5.41) is 7.41. The minimum Gasteiger partial charge on any atom is -0.461 e. The van der Waals surface area contributed by atoms with Crippen LogP contribution in [0.5, 0.6) is 6.01 Å². The van der Waals surface area contributed by atoms with Crippen molar-refractivity contribution in [2.45, 2.75) is 69.0 Å². The SMILES string of the molecule is Cc1cc(N)nc(-c2c(Cl)cc3c(NC4CC(NC(=O)/C(F)=C/c5nccs5)C4)nc(OCC45CCCN4CC(F)C5)nc3c2F)c1C(F)(F)F. The molecule has 10 nitrogen and oxygen atoms in total. The number of nitrogens with zero attached hydrogens (tertiary/aromatic N) is 5. The minimum absolute atomic E-state index is 0.00618. The lowest BCUT2D eigenvalue weighted by Crippen LogP contribution is -2.50. The Kier molecular flexibility index (Phi) is 9.24. The third-order valence-electron chi connectivity index (χ3n) is 9.58. The Morgan fingerprint density at radius 3 is 2.75 bits per heavy atom. The molecule has 3 aromatic heterocycles. The van der Waals surface area contributed by atoms with Crippen molar-refractivity contribution in [2.75, 3.05) is 30.7 Å². The molecule has 270 valence electrons. The Labute approximate surface area is 296 Å². The van der Waals surface area contributed by atoms with Gasteiger partial charge in [-0.2, -0.15) is 23.1 Å². The van der Waals surface area contributed by atoms with E-state index in [1.807, 2.05) is 4.90 Å². The minimum atomic E-state index is -4.92. The van der Waals surface area contributed by atoms with Crippen molar-refractivity contribution in [1.82, 2.24) is 30.2 Å². The third-order valence-corrected chi connectivity index (χ3v) is 10.6. The summed E-state index contributed by atoms with van der Waals surface area (Å²) in [4.78, 5) is 30.9. The van der Waals surface area contributed by atoms with Gasteiger partial charge in [-0.05, 0) is 56.8 Å². The average molecular weight is 753 g/mol. The summed E-state index contributed by atoms with van der Waals surface area (Å²) >= 11 is 7.69. The maximum atomic E-state index is 16.6. The summed E-state index contributed by atoms with van der Waals surface area (Å²) < 4.78 is 94.3. The van der Waals surface area contributed by atoms with Crippen molar-refractivity contribution in [3.8, 4) is 17.3 Å². The van der Waals surface area contributed by atoms with Crippen LogP contribution in [0.15, 0.2) is 29.5 Å². The number of rotatable bonds is 9. The molecule has 4 aromatic rings. The molecule has 2 saturated heterocycles. The standard InChI is InChI=1S/C33H31ClF6N8O2S/c1-15-7-22(41)45-28(25(15)33(38,39)40)24-20(34)10-19-27(26(24)37)46-31(50-14-32-3-2-5-48(32)13-16(35)12-32)47-29(19)43-17-8-18(9-17)44-30(49)21(36)11-23-42-4-6-51-23/h4,6-7,10-11,16-18H,2-3,5,8-9,12-14H2,1H3,(H2,41,45)(H,44,49)(H,43,46,47)/b21-11-. The Bertz CT molecular complexity index is 2030. The van der Waals surface area contributed by atoms with Crippen LogP contribution < -0.4 is 21.1 Å². The first-order chi connectivity index (χ1) is 24.2. The summed E-state index contributed by atoms with van der Waals surface area (Å²) in [6, 6.07) is 1.25. The lowest BCUT2D eigenvalue weighted by Gasteiger charge is -2.36. The zero-order valence-corrected chi connectivity index (χ0v) is 28.5. The summed E-state index contributed by atoms with van der Waals surface area (Å²) in [5.74, 6) is -3.30. The maximum Gasteiger partial charge on any atom is 0.418 e. The van der Waals surface area contributed by atoms with Crippen LogP contribution in [0.2, 0.25) is 5.02 Å². The molecule has 2 atom stereocenters. The number of nitrogens with one attached hydrogen (secondary N) is 2. The number of aromatic nitrogens is 4. The largest absolute Gasteiger partial charge is 0.461 e. The fourth-order valence-corrected chi connectivity index (χ4v) is 8.07. The first-order valence-electron chi connectivity index (χ1n) is 16.1. The molecule has 1 aliphatic carbocycles. The Morgan fingerprint density at radius 2 is 2.02 bits per heavy atom. The van der Waals surface area contributed by atoms with Gasteiger partial charge in [-0.1, -0.05) is 11.6 Å². The van der Waals surface area contributed by atoms with Gasteiger partial charge in [-0.15, -0.1) is 11.3 Å². The molecule has 1 amide bonds. The number of aryl methyl sites for hydroxylation is 1. The lowest BCUT2D eigenvalue weighted by atomic mass is 9.86. The number of amides is 1. The van der Waals surface area contributed by atoms with E-state index in [0.29, 0.717) is 30.8 Å². The lowest BCUT2D eigenvalue weighted by molar-refractivity contribution is -0.137. The summed E-state index contributed by atoms with van der Waals surface area (Å²) in [6.07, 6.45) is -0.990. The molecule has 5 heterocycles. The van der Waals surface area contributed by atoms with E-state index < -0.39 is 68.8 Å². The van der Waals surface area contributed by atoms with Crippen LogP contribution in [-0.4, -0.2) is 74.2 Å². The van der Waals surface area contributed by atoms with Crippen molar-refractivity contribution in [3.05, 3.63) is 56.5 Å². The molecule has 7 rings (SSSR count). The van der Waals surface area contributed by atoms with E-state index in [1.165, 1.54) is 30.5 Å². The Balaban J connectivity index is 1.21. The van der Waals surface area contributed by atoms with E-state index in [1.54, 1.807) is 5.38 Å². The molecule has 1 saturated carbocycles. The highest BCUT2D eigenvalue weighted by Crippen LogP contribution is 2.45. The van der Waals surface area contributed by atoms with Gasteiger partial charge in [0.25, 0.3) is 5.91 Å². The van der Waals surface area contributed by atoms with E-state index in [2.05, 4.69) is 30.6 Å². The number of benzene rings is 1. The number of hydrogen-bond donors (Lipinski definition) is 3. The summed E-state index contributed by atoms with van der Waals surface area (Å²) in [5.41, 5.74) is 1.88. The second kappa shape index (κ2) is 13.4. The number of thiazole rings is 1. The summed E-state index contributed by atoms with van der Waals surface area (Å²) in [6.45, 7) is 2.16. The third kappa shape index (κ3) is 6.90. The number of hydrogen-bond acceptors (Lipinski definition) is 10. The van der Waals surface area contributed by atoms with Gasteiger partial charge in [-0.3, -0.25) is 9.69 Å². The number of carbonyl (C=O) groups is 1. The van der Waals surface area contributed by atoms with Gasteiger partial charge in [-0.25, -0.2) is 23.1 Å². The molecule has 4 N–H and O–H groups in total. The van der Waals surface area contributed by atoms with E-state index in [0.717, 1.165) is 18.6 Å². The Morgan fingerprint density at radius 1 is 1.24 bits per heavy atom. The van der Waals surface area contributed by atoms with Gasteiger partial charge in [0.1, 0.15) is 34.9 Å². The second-order valence-electron chi connectivity index (χ2n) is 13.1. The second-order valence-corrected chi connectivity index (χ2v) is 14.4. The van der Waals surface area contributed by atoms with Crippen molar-refractivity contribution in [2.24, 2.45) is 0 Å². The number of halogens is 7. The van der Waals surface area contributed by atoms with Crippen LogP contribution in [0, 0.1) is 12.7 Å². The molecule has 2 aliphatic heterocycles. The van der Waals surface area contributed by atoms with Crippen LogP contribution in [0.4, 0.5) is 38.0 Å². The molecule has 3 fully saturated rings. The monoisotopic (exact) mass is 752 g/mol. The van der Waals surface area contributed by atoms with Crippen molar-refractivity contribution in [1.29, 1.82) is 0 Å². The van der Waals surface area contributed by atoms with Gasteiger partial charge in [0.2, 0.25) is 0 Å². The molecule has 18 heteroatoms. The van der Waals surface area contributed by atoms with Crippen LogP contribution in [0.25, 0.3) is 28.2 Å². The van der Waals surface area contributed by atoms with E-state index >= 15 is 4.39 Å². The van der Waals surface area contributed by atoms with Gasteiger partial charge in [0.15, 0.2) is 11.6 Å². The van der Waals surface area contributed by atoms with Crippen LogP contribution in [-0.2, 0) is 11.0 Å². The van der Waals surface area contributed by atoms with Crippen molar-refractivity contribution in [3.63, 3.8) is 0 Å². The highest BCUT2D eigenvalue weighted by molar-refractivity contribution is 7.10. The van der Waals surface area contributed by atoms with E-state index in [4.69, 9.17) is 22.1 Å². The number of alkyl halides is 4. The van der Waals surface area contributed by atoms with Crippen molar-refractivity contribution >= 4 is 57.5 Å². The number of carbonyl (C=O) groups excluding carboxylic acids is 1. The quantitative estimate of drug-likeness (QED) is 0.124.